The summed E-state index contributed by atoms with van der Waals surface area (Å²) >= 11 is 0. The van der Waals surface area contributed by atoms with Crippen LogP contribution in [0.5, 0.6) is 0 Å². The van der Waals surface area contributed by atoms with Crippen LogP contribution < -0.4 is 4.90 Å². The third-order valence-corrected chi connectivity index (χ3v) is 1.64. The molecule has 2 heterocycles. The highest BCUT2D eigenvalue weighted by Crippen LogP contribution is 2.13. The first kappa shape index (κ1) is 7.41. The molecule has 0 atom stereocenters. The summed E-state index contributed by atoms with van der Waals surface area (Å²) in [4.78, 5) is 9.38. The molecule has 0 aliphatic carbocycles. The van der Waals surface area contributed by atoms with Crippen LogP contribution in [-0.4, -0.2) is 23.1 Å². The number of nitrogens with zero attached hydrogens (tertiary/aromatic N) is 2. The lowest BCUT2D eigenvalue weighted by Crippen LogP contribution is -2.37. The predicted molar refractivity (Wildman–Crippen MR) is 42.7 cm³/mol. The van der Waals surface area contributed by atoms with E-state index in [0.717, 1.165) is 19.0 Å². The number of H-pyrrole nitrogens is 1. The van der Waals surface area contributed by atoms with Gasteiger partial charge >= 0.3 is 0 Å². The first-order valence-electron chi connectivity index (χ1n) is 3.21. The highest BCUT2D eigenvalue weighted by atomic mass is 35.5. The van der Waals surface area contributed by atoms with Crippen molar-refractivity contribution in [3.05, 3.63) is 12.4 Å². The Kier molecular flexibility index (Phi) is 2.17. The number of anilines is 1. The molecule has 10 heavy (non-hydrogen) atoms. The highest BCUT2D eigenvalue weighted by molar-refractivity contribution is 5.85. The predicted octanol–water partition coefficient (Wildman–Crippen LogP) is 1.04. The van der Waals surface area contributed by atoms with E-state index in [1.165, 1.54) is 6.42 Å². The smallest absolute Gasteiger partial charge is 0.202 e. The first-order chi connectivity index (χ1) is 4.47. The van der Waals surface area contributed by atoms with Crippen LogP contribution in [-0.2, 0) is 0 Å². The topological polar surface area (TPSA) is 31.9 Å². The Bertz CT molecular complexity index is 181. The Balaban J connectivity index is 0.000000500. The molecule has 1 N–H and O–H groups in total. The van der Waals surface area contributed by atoms with Gasteiger partial charge in [-0.25, -0.2) is 4.98 Å². The van der Waals surface area contributed by atoms with Crippen LogP contribution in [0.15, 0.2) is 12.4 Å². The van der Waals surface area contributed by atoms with Crippen molar-refractivity contribution in [3.8, 4) is 0 Å². The van der Waals surface area contributed by atoms with Crippen molar-refractivity contribution in [1.82, 2.24) is 9.97 Å². The van der Waals surface area contributed by atoms with E-state index in [1.807, 2.05) is 6.20 Å². The third-order valence-electron chi connectivity index (χ3n) is 1.64. The Labute approximate surface area is 65.9 Å². The minimum atomic E-state index is 0. The summed E-state index contributed by atoms with van der Waals surface area (Å²) in [7, 11) is 0. The summed E-state index contributed by atoms with van der Waals surface area (Å²) < 4.78 is 0. The Morgan fingerprint density at radius 1 is 1.50 bits per heavy atom. The van der Waals surface area contributed by atoms with Gasteiger partial charge in [0, 0.05) is 25.5 Å². The average molecular weight is 160 g/mol. The van der Waals surface area contributed by atoms with Crippen molar-refractivity contribution in [2.75, 3.05) is 18.0 Å². The van der Waals surface area contributed by atoms with Crippen molar-refractivity contribution < 1.29 is 0 Å². The normalized spacial score (nSPS) is 15.8. The molecule has 0 radical (unpaired) electrons. The zero-order valence-electron chi connectivity index (χ0n) is 5.58. The number of aromatic nitrogens is 2. The number of nitrogens with one attached hydrogen (secondary N) is 1. The van der Waals surface area contributed by atoms with E-state index in [9.17, 15) is 0 Å². The third kappa shape index (κ3) is 1.09. The molecule has 56 valence electrons. The largest absolute Gasteiger partial charge is 0.342 e. The van der Waals surface area contributed by atoms with Crippen LogP contribution in [0.3, 0.4) is 0 Å². The molecule has 0 bridgehead atoms. The maximum atomic E-state index is 4.11. The molecule has 1 aromatic rings. The molecule has 0 amide bonds. The molecule has 0 aromatic carbocycles. The Hall–Kier alpha value is -0.700. The van der Waals surface area contributed by atoms with Crippen molar-refractivity contribution in [3.63, 3.8) is 0 Å². The van der Waals surface area contributed by atoms with E-state index in [2.05, 4.69) is 14.9 Å². The van der Waals surface area contributed by atoms with Crippen LogP contribution >= 0.6 is 12.4 Å². The molecule has 3 nitrogen and oxygen atoms in total. The fraction of sp³-hybridized carbons (Fsp3) is 0.500. The maximum absolute atomic E-state index is 4.11. The van der Waals surface area contributed by atoms with E-state index in [-0.39, 0.29) is 12.4 Å². The summed E-state index contributed by atoms with van der Waals surface area (Å²) in [6, 6.07) is 0. The molecule has 2 rings (SSSR count). The Morgan fingerprint density at radius 2 is 2.30 bits per heavy atom. The summed E-state index contributed by atoms with van der Waals surface area (Å²) in [6.07, 6.45) is 4.95. The Morgan fingerprint density at radius 3 is 2.70 bits per heavy atom. The molecular formula is C6H10ClN3. The van der Waals surface area contributed by atoms with Gasteiger partial charge in [-0.3, -0.25) is 0 Å². The first-order valence-corrected chi connectivity index (χ1v) is 3.21. The van der Waals surface area contributed by atoms with Gasteiger partial charge in [-0.2, -0.15) is 0 Å². The molecule has 1 saturated heterocycles. The number of hydrogen-bond donors (Lipinski definition) is 1. The summed E-state index contributed by atoms with van der Waals surface area (Å²) in [5.41, 5.74) is 0. The van der Waals surface area contributed by atoms with Gasteiger partial charge < -0.3 is 9.88 Å². The van der Waals surface area contributed by atoms with Gasteiger partial charge in [0.2, 0.25) is 5.95 Å². The molecular weight excluding hydrogens is 150 g/mol. The lowest BCUT2D eigenvalue weighted by Gasteiger charge is -2.30. The van der Waals surface area contributed by atoms with Gasteiger partial charge in [0.25, 0.3) is 0 Å². The van der Waals surface area contributed by atoms with Gasteiger partial charge in [-0.15, -0.1) is 12.4 Å². The molecule has 1 aliphatic heterocycles. The van der Waals surface area contributed by atoms with Crippen molar-refractivity contribution in [1.29, 1.82) is 0 Å². The molecule has 1 fully saturated rings. The van der Waals surface area contributed by atoms with E-state index >= 15 is 0 Å². The zero-order valence-corrected chi connectivity index (χ0v) is 6.40. The molecule has 1 aromatic heterocycles. The van der Waals surface area contributed by atoms with Crippen LogP contribution in [0, 0.1) is 0 Å². The van der Waals surface area contributed by atoms with Crippen LogP contribution in [0.4, 0.5) is 5.95 Å². The molecule has 0 spiro atoms. The highest BCUT2D eigenvalue weighted by Gasteiger charge is 2.15. The second-order valence-corrected chi connectivity index (χ2v) is 2.25. The van der Waals surface area contributed by atoms with E-state index in [0.29, 0.717) is 0 Å². The molecule has 4 heteroatoms. The van der Waals surface area contributed by atoms with Gasteiger partial charge in [-0.05, 0) is 6.42 Å². The van der Waals surface area contributed by atoms with Crippen LogP contribution in [0.1, 0.15) is 6.42 Å². The second-order valence-electron chi connectivity index (χ2n) is 2.25. The minimum Gasteiger partial charge on any atom is -0.342 e. The van der Waals surface area contributed by atoms with Gasteiger partial charge in [0.15, 0.2) is 0 Å². The molecule has 0 unspecified atom stereocenters. The summed E-state index contributed by atoms with van der Waals surface area (Å²) in [5.74, 6) is 1.02. The summed E-state index contributed by atoms with van der Waals surface area (Å²) in [5, 5.41) is 0. The van der Waals surface area contributed by atoms with Gasteiger partial charge in [0.1, 0.15) is 0 Å². The SMILES string of the molecule is Cl.c1c[nH]c(N2CCC2)n1. The fourth-order valence-corrected chi connectivity index (χ4v) is 0.958. The standard InChI is InChI=1S/C6H9N3.ClH/c1-4-9(5-1)6-7-2-3-8-6;/h2-3H,1,4-5H2,(H,7,8);1H. The zero-order chi connectivity index (χ0) is 6.10. The second kappa shape index (κ2) is 2.92. The maximum Gasteiger partial charge on any atom is 0.202 e. The minimum absolute atomic E-state index is 0. The van der Waals surface area contributed by atoms with Crippen molar-refractivity contribution in [2.24, 2.45) is 0 Å². The van der Waals surface area contributed by atoms with Gasteiger partial charge in [0.05, 0.1) is 0 Å². The molecule has 1 aliphatic rings. The lowest BCUT2D eigenvalue weighted by atomic mass is 10.2. The van der Waals surface area contributed by atoms with Gasteiger partial charge in [-0.1, -0.05) is 0 Å². The van der Waals surface area contributed by atoms with E-state index in [4.69, 9.17) is 0 Å². The van der Waals surface area contributed by atoms with Crippen LogP contribution in [0.2, 0.25) is 0 Å². The quantitative estimate of drug-likeness (QED) is 0.664. The summed E-state index contributed by atoms with van der Waals surface area (Å²) in [6.45, 7) is 2.32. The lowest BCUT2D eigenvalue weighted by molar-refractivity contribution is 0.603. The number of halogens is 1. The average Bonchev–Trinajstić information content (AvgIpc) is 2.11. The van der Waals surface area contributed by atoms with Crippen LogP contribution in [0.25, 0.3) is 0 Å². The number of aromatic amines is 1. The molecule has 0 saturated carbocycles. The monoisotopic (exact) mass is 159 g/mol. The van der Waals surface area contributed by atoms with E-state index in [1.54, 1.807) is 6.20 Å². The number of rotatable bonds is 1. The number of imidazole rings is 1. The van der Waals surface area contributed by atoms with E-state index < -0.39 is 0 Å². The van der Waals surface area contributed by atoms with Crippen molar-refractivity contribution >= 4 is 18.4 Å². The fourth-order valence-electron chi connectivity index (χ4n) is 0.958. The number of hydrogen-bond acceptors (Lipinski definition) is 2. The van der Waals surface area contributed by atoms with Crippen molar-refractivity contribution in [2.45, 2.75) is 6.42 Å².